The number of carboxylic acid groups (broad SMARTS) is 1. The predicted octanol–water partition coefficient (Wildman–Crippen LogP) is 1.46. The number of carbonyl (C=O) groups excluding carboxylic acids is 3. The maximum atomic E-state index is 12.4. The Hall–Kier alpha value is -3.77. The van der Waals surface area contributed by atoms with E-state index in [2.05, 4.69) is 10.3 Å². The fourth-order valence-electron chi connectivity index (χ4n) is 1.98. The zero-order valence-corrected chi connectivity index (χ0v) is 13.5. The van der Waals surface area contributed by atoms with Crippen LogP contribution in [0.2, 0.25) is 0 Å². The molecule has 0 fully saturated rings. The Kier molecular flexibility index (Phi) is 6.36. The average molecular weight is 354 g/mol. The maximum absolute atomic E-state index is 12.4. The first-order valence-electron chi connectivity index (χ1n) is 7.43. The Balaban J connectivity index is 1.95. The van der Waals surface area contributed by atoms with Crippen LogP contribution >= 0.6 is 0 Å². The third kappa shape index (κ3) is 5.40. The van der Waals surface area contributed by atoms with Gasteiger partial charge < -0.3 is 15.2 Å². The van der Waals surface area contributed by atoms with Crippen LogP contribution in [0.15, 0.2) is 53.5 Å². The number of hydrogen-bond donors (Lipinski definition) is 2. The number of amides is 1. The van der Waals surface area contributed by atoms with Crippen molar-refractivity contribution < 1.29 is 29.0 Å². The lowest BCUT2D eigenvalue weighted by Gasteiger charge is -2.07. The number of aliphatic imine (C=N–C) groups is 1. The number of carboxylic acids is 1. The molecule has 8 nitrogen and oxygen atoms in total. The number of ketones is 1. The molecule has 26 heavy (non-hydrogen) atoms. The van der Waals surface area contributed by atoms with Gasteiger partial charge in [0.25, 0.3) is 5.91 Å². The molecule has 2 rings (SSSR count). The molecule has 8 heteroatoms. The van der Waals surface area contributed by atoms with Crippen LogP contribution in [-0.4, -0.2) is 42.0 Å². The van der Waals surface area contributed by atoms with Gasteiger partial charge in [-0.05, 0) is 48.5 Å². The molecule has 0 unspecified atom stereocenters. The molecule has 132 valence electrons. The van der Waals surface area contributed by atoms with Gasteiger partial charge in [0.05, 0.1) is 5.69 Å². The molecule has 0 saturated heterocycles. The number of isocyanates is 1. The number of nitrogens with zero attached hydrogens (tertiary/aromatic N) is 1. The SMILES string of the molecule is O=C=Nc1ccc(C(=O)c2ccc(OCC(=O)NCC(=O)O)cc2)cc1. The summed E-state index contributed by atoms with van der Waals surface area (Å²) in [4.78, 5) is 47.7. The molecule has 2 aromatic rings. The Morgan fingerprint density at radius 2 is 1.58 bits per heavy atom. The van der Waals surface area contributed by atoms with Crippen molar-refractivity contribution in [3.63, 3.8) is 0 Å². The van der Waals surface area contributed by atoms with Crippen molar-refractivity contribution in [3.8, 4) is 5.75 Å². The van der Waals surface area contributed by atoms with Gasteiger partial charge in [-0.2, -0.15) is 4.99 Å². The second kappa shape index (κ2) is 8.91. The second-order valence-corrected chi connectivity index (χ2v) is 5.06. The summed E-state index contributed by atoms with van der Waals surface area (Å²) in [5.74, 6) is -1.57. The molecule has 1 amide bonds. The first-order chi connectivity index (χ1) is 12.5. The van der Waals surface area contributed by atoms with E-state index >= 15 is 0 Å². The summed E-state index contributed by atoms with van der Waals surface area (Å²) in [7, 11) is 0. The van der Waals surface area contributed by atoms with Crippen LogP contribution < -0.4 is 10.1 Å². The molecule has 2 N–H and O–H groups in total. The van der Waals surface area contributed by atoms with Crippen molar-refractivity contribution in [2.75, 3.05) is 13.2 Å². The smallest absolute Gasteiger partial charge is 0.322 e. The van der Waals surface area contributed by atoms with E-state index in [4.69, 9.17) is 9.84 Å². The highest BCUT2D eigenvalue weighted by Crippen LogP contribution is 2.18. The molecule has 0 aliphatic rings. The van der Waals surface area contributed by atoms with E-state index in [0.29, 0.717) is 22.6 Å². The van der Waals surface area contributed by atoms with Gasteiger partial charge in [-0.3, -0.25) is 14.4 Å². The highest BCUT2D eigenvalue weighted by Gasteiger charge is 2.10. The largest absolute Gasteiger partial charge is 0.484 e. The zero-order valence-electron chi connectivity index (χ0n) is 13.5. The molecule has 0 aliphatic carbocycles. The summed E-state index contributed by atoms with van der Waals surface area (Å²) >= 11 is 0. The van der Waals surface area contributed by atoms with Crippen molar-refractivity contribution in [2.45, 2.75) is 0 Å². The predicted molar refractivity (Wildman–Crippen MR) is 90.2 cm³/mol. The number of ether oxygens (including phenoxy) is 1. The molecule has 0 aliphatic heterocycles. The highest BCUT2D eigenvalue weighted by molar-refractivity contribution is 6.09. The fraction of sp³-hybridized carbons (Fsp3) is 0.111. The minimum atomic E-state index is -1.15. The van der Waals surface area contributed by atoms with E-state index < -0.39 is 18.4 Å². The summed E-state index contributed by atoms with van der Waals surface area (Å²) in [6.07, 6.45) is 1.42. The third-order valence-corrected chi connectivity index (χ3v) is 3.23. The van der Waals surface area contributed by atoms with Gasteiger partial charge in [0.15, 0.2) is 12.4 Å². The van der Waals surface area contributed by atoms with Crippen LogP contribution in [0.1, 0.15) is 15.9 Å². The number of nitrogens with one attached hydrogen (secondary N) is 1. The van der Waals surface area contributed by atoms with E-state index in [1.807, 2.05) is 0 Å². The van der Waals surface area contributed by atoms with Crippen LogP contribution in [0.4, 0.5) is 5.69 Å². The molecule has 0 radical (unpaired) electrons. The van der Waals surface area contributed by atoms with E-state index in [9.17, 15) is 19.2 Å². The molecule has 0 atom stereocenters. The summed E-state index contributed by atoms with van der Waals surface area (Å²) in [6.45, 7) is -0.814. The van der Waals surface area contributed by atoms with Crippen LogP contribution in [0.5, 0.6) is 5.75 Å². The highest BCUT2D eigenvalue weighted by atomic mass is 16.5. The van der Waals surface area contributed by atoms with Gasteiger partial charge in [-0.1, -0.05) is 0 Å². The lowest BCUT2D eigenvalue weighted by atomic mass is 10.0. The van der Waals surface area contributed by atoms with Crippen LogP contribution in [0, 0.1) is 0 Å². The molecule has 0 spiro atoms. The van der Waals surface area contributed by atoms with Crippen molar-refractivity contribution in [1.82, 2.24) is 5.32 Å². The Morgan fingerprint density at radius 1 is 1.00 bits per heavy atom. The number of benzene rings is 2. The monoisotopic (exact) mass is 354 g/mol. The van der Waals surface area contributed by atoms with Crippen LogP contribution in [0.25, 0.3) is 0 Å². The van der Waals surface area contributed by atoms with Crippen molar-refractivity contribution in [2.24, 2.45) is 4.99 Å². The van der Waals surface area contributed by atoms with Crippen LogP contribution in [-0.2, 0) is 14.4 Å². The summed E-state index contributed by atoms with van der Waals surface area (Å²) in [6, 6.07) is 12.3. The van der Waals surface area contributed by atoms with E-state index in [1.54, 1.807) is 24.3 Å². The van der Waals surface area contributed by atoms with E-state index in [1.165, 1.54) is 30.3 Å². The summed E-state index contributed by atoms with van der Waals surface area (Å²) in [5, 5.41) is 10.6. The van der Waals surface area contributed by atoms with Gasteiger partial charge in [0.2, 0.25) is 6.08 Å². The molecule has 0 saturated carbocycles. The number of carbonyl (C=O) groups is 3. The van der Waals surface area contributed by atoms with E-state index in [-0.39, 0.29) is 12.4 Å². The number of hydrogen-bond acceptors (Lipinski definition) is 6. The summed E-state index contributed by atoms with van der Waals surface area (Å²) < 4.78 is 5.22. The average Bonchev–Trinajstić information content (AvgIpc) is 2.65. The van der Waals surface area contributed by atoms with Gasteiger partial charge in [-0.15, -0.1) is 0 Å². The third-order valence-electron chi connectivity index (χ3n) is 3.23. The Labute approximate surface area is 148 Å². The standard InChI is InChI=1S/C18H14N2O6/c21-11-20-14-5-1-12(2-6-14)18(25)13-3-7-15(8-4-13)26-10-16(22)19-9-17(23)24/h1-8H,9-10H2,(H,19,22)(H,23,24). The lowest BCUT2D eigenvalue weighted by molar-refractivity contribution is -0.138. The van der Waals surface area contributed by atoms with Gasteiger partial charge in [-0.25, -0.2) is 4.79 Å². The number of aliphatic carboxylic acids is 1. The van der Waals surface area contributed by atoms with Gasteiger partial charge in [0, 0.05) is 11.1 Å². The minimum absolute atomic E-state index is 0.225. The van der Waals surface area contributed by atoms with Gasteiger partial charge in [0.1, 0.15) is 12.3 Å². The lowest BCUT2D eigenvalue weighted by Crippen LogP contribution is -2.33. The first-order valence-corrected chi connectivity index (χ1v) is 7.43. The van der Waals surface area contributed by atoms with Crippen molar-refractivity contribution >= 4 is 29.4 Å². The van der Waals surface area contributed by atoms with Crippen LogP contribution in [0.3, 0.4) is 0 Å². The molecule has 2 aromatic carbocycles. The van der Waals surface area contributed by atoms with E-state index in [0.717, 1.165) is 0 Å². The Bertz CT molecular complexity index is 852. The molecular formula is C18H14N2O6. The van der Waals surface area contributed by atoms with Gasteiger partial charge >= 0.3 is 5.97 Å². The Morgan fingerprint density at radius 3 is 2.12 bits per heavy atom. The maximum Gasteiger partial charge on any atom is 0.322 e. The summed E-state index contributed by atoms with van der Waals surface area (Å²) in [5.41, 5.74) is 1.25. The molecular weight excluding hydrogens is 340 g/mol. The molecule has 0 bridgehead atoms. The first kappa shape index (κ1) is 18.6. The normalized spacial score (nSPS) is 9.69. The minimum Gasteiger partial charge on any atom is -0.484 e. The van der Waals surface area contributed by atoms with Crippen molar-refractivity contribution in [1.29, 1.82) is 0 Å². The van der Waals surface area contributed by atoms with Crippen molar-refractivity contribution in [3.05, 3.63) is 59.7 Å². The molecule has 0 heterocycles. The zero-order chi connectivity index (χ0) is 18.9. The number of rotatable bonds is 8. The quantitative estimate of drug-likeness (QED) is 0.420. The fourth-order valence-corrected chi connectivity index (χ4v) is 1.98. The molecule has 0 aromatic heterocycles. The second-order valence-electron chi connectivity index (χ2n) is 5.06. The topological polar surface area (TPSA) is 122 Å².